The molecule has 0 aromatic heterocycles. The zero-order valence-electron chi connectivity index (χ0n) is 22.7. The fourth-order valence-electron chi connectivity index (χ4n) is 6.37. The predicted molar refractivity (Wildman–Crippen MR) is 150 cm³/mol. The first-order chi connectivity index (χ1) is 18.7. The van der Waals surface area contributed by atoms with Gasteiger partial charge in [-0.25, -0.2) is 0 Å². The van der Waals surface area contributed by atoms with E-state index in [2.05, 4.69) is 58.0 Å². The van der Waals surface area contributed by atoms with Gasteiger partial charge in [0.25, 0.3) is 0 Å². The second-order valence-corrected chi connectivity index (χ2v) is 10.6. The molecule has 0 fully saturated rings. The molecule has 2 aromatic rings. The zero-order chi connectivity index (χ0) is 25.9. The fourth-order valence-corrected chi connectivity index (χ4v) is 6.37. The van der Waals surface area contributed by atoms with Gasteiger partial charge in [0.15, 0.2) is 12.3 Å². The molecule has 38 heavy (non-hydrogen) atoms. The van der Waals surface area contributed by atoms with E-state index in [0.717, 1.165) is 50.3 Å². The molecule has 2 aliphatic heterocycles. The molecule has 2 heterocycles. The summed E-state index contributed by atoms with van der Waals surface area (Å²) in [5, 5.41) is 0. The Hall–Kier alpha value is -3.09. The number of anilines is 1. The SMILES string of the molecule is COCCOc1ccc2c(c1)CCN2C1=CC2=C/C(=[N+]3\CCc4cc(OCCOC)ccc43)CCC2CC1. The van der Waals surface area contributed by atoms with Crippen LogP contribution in [0.5, 0.6) is 11.5 Å². The lowest BCUT2D eigenvalue weighted by Crippen LogP contribution is -2.27. The van der Waals surface area contributed by atoms with Crippen molar-refractivity contribution in [3.05, 3.63) is 70.9 Å². The van der Waals surface area contributed by atoms with E-state index in [0.29, 0.717) is 32.3 Å². The standard InChI is InChI=1S/C32H39N2O4/c1-35-15-17-37-29-7-9-31-24(21-29)11-13-33(31)27-5-3-23-4-6-28(20-26(23)19-27)34-14-12-25-22-30(8-10-32(25)34)38-18-16-36-2/h7-10,19-23H,3-6,11-18H2,1-2H3/q+1. The van der Waals surface area contributed by atoms with Crippen molar-refractivity contribution in [1.29, 1.82) is 0 Å². The monoisotopic (exact) mass is 515 g/mol. The molecule has 0 N–H and O–H groups in total. The molecule has 2 aliphatic carbocycles. The Balaban J connectivity index is 1.22. The maximum Gasteiger partial charge on any atom is 0.209 e. The van der Waals surface area contributed by atoms with Crippen LogP contribution in [0.25, 0.3) is 0 Å². The highest BCUT2D eigenvalue weighted by molar-refractivity contribution is 5.94. The molecule has 6 nitrogen and oxygen atoms in total. The van der Waals surface area contributed by atoms with Crippen molar-refractivity contribution in [2.75, 3.05) is 58.6 Å². The molecule has 200 valence electrons. The molecule has 0 bridgehead atoms. The van der Waals surface area contributed by atoms with Crippen molar-refractivity contribution in [3.8, 4) is 11.5 Å². The average Bonchev–Trinajstić information content (AvgIpc) is 3.57. The number of rotatable bonds is 9. The number of fused-ring (bicyclic) bond motifs is 3. The molecule has 6 rings (SSSR count). The largest absolute Gasteiger partial charge is 0.491 e. The van der Waals surface area contributed by atoms with Gasteiger partial charge >= 0.3 is 0 Å². The molecule has 6 heteroatoms. The highest BCUT2D eigenvalue weighted by Gasteiger charge is 2.33. The summed E-state index contributed by atoms with van der Waals surface area (Å²) < 4.78 is 24.5. The number of nitrogens with zero attached hydrogens (tertiary/aromatic N) is 2. The number of allylic oxidation sites excluding steroid dienone is 4. The summed E-state index contributed by atoms with van der Waals surface area (Å²) in [4.78, 5) is 2.54. The highest BCUT2D eigenvalue weighted by Crippen LogP contribution is 2.41. The Kier molecular flexibility index (Phi) is 7.52. The first kappa shape index (κ1) is 25.2. The lowest BCUT2D eigenvalue weighted by atomic mass is 9.79. The van der Waals surface area contributed by atoms with E-state index in [1.165, 1.54) is 52.3 Å². The molecule has 0 amide bonds. The Bertz CT molecular complexity index is 1280. The van der Waals surface area contributed by atoms with Gasteiger partial charge in [0, 0.05) is 62.7 Å². The van der Waals surface area contributed by atoms with Gasteiger partial charge in [0.05, 0.1) is 13.2 Å². The first-order valence-electron chi connectivity index (χ1n) is 14.1. The number of hydrogen-bond acceptors (Lipinski definition) is 5. The maximum absolute atomic E-state index is 5.85. The van der Waals surface area contributed by atoms with Crippen LogP contribution in [0.2, 0.25) is 0 Å². The van der Waals surface area contributed by atoms with E-state index < -0.39 is 0 Å². The molecule has 0 saturated heterocycles. The summed E-state index contributed by atoms with van der Waals surface area (Å²) in [6.07, 6.45) is 11.9. The summed E-state index contributed by atoms with van der Waals surface area (Å²) in [5.41, 5.74) is 9.87. The lowest BCUT2D eigenvalue weighted by molar-refractivity contribution is -0.429. The van der Waals surface area contributed by atoms with Crippen molar-refractivity contribution in [3.63, 3.8) is 0 Å². The van der Waals surface area contributed by atoms with Gasteiger partial charge in [-0.2, -0.15) is 4.58 Å². The third-order valence-electron chi connectivity index (χ3n) is 8.33. The van der Waals surface area contributed by atoms with Crippen molar-refractivity contribution in [2.45, 2.75) is 38.5 Å². The zero-order valence-corrected chi connectivity index (χ0v) is 22.7. The summed E-state index contributed by atoms with van der Waals surface area (Å²) in [6, 6.07) is 13.1. The first-order valence-corrected chi connectivity index (χ1v) is 14.1. The predicted octanol–water partition coefficient (Wildman–Crippen LogP) is 5.45. The summed E-state index contributed by atoms with van der Waals surface area (Å²) in [6.45, 7) is 4.49. The third kappa shape index (κ3) is 5.12. The Labute approximate surface area is 226 Å². The maximum atomic E-state index is 5.85. The second kappa shape index (κ2) is 11.3. The summed E-state index contributed by atoms with van der Waals surface area (Å²) in [5.74, 6) is 2.56. The third-order valence-corrected chi connectivity index (χ3v) is 8.33. The van der Waals surface area contributed by atoms with Gasteiger partial charge in [-0.05, 0) is 79.1 Å². The van der Waals surface area contributed by atoms with Gasteiger partial charge in [0.1, 0.15) is 24.7 Å². The summed E-state index contributed by atoms with van der Waals surface area (Å²) in [7, 11) is 3.41. The molecule has 0 saturated carbocycles. The van der Waals surface area contributed by atoms with Crippen LogP contribution in [-0.4, -0.2) is 64.0 Å². The topological polar surface area (TPSA) is 43.2 Å². The highest BCUT2D eigenvalue weighted by atomic mass is 16.5. The Morgan fingerprint density at radius 3 is 2.32 bits per heavy atom. The molecule has 0 radical (unpaired) electrons. The van der Waals surface area contributed by atoms with Crippen LogP contribution in [0, 0.1) is 5.92 Å². The minimum Gasteiger partial charge on any atom is -0.491 e. The van der Waals surface area contributed by atoms with Crippen LogP contribution >= 0.6 is 0 Å². The molecule has 1 unspecified atom stereocenters. The normalized spacial score (nSPS) is 21.9. The minimum atomic E-state index is 0.587. The second-order valence-electron chi connectivity index (χ2n) is 10.6. The van der Waals surface area contributed by atoms with E-state index in [4.69, 9.17) is 18.9 Å². The van der Waals surface area contributed by atoms with E-state index in [9.17, 15) is 0 Å². The van der Waals surface area contributed by atoms with E-state index in [1.54, 1.807) is 14.2 Å². The summed E-state index contributed by atoms with van der Waals surface area (Å²) >= 11 is 0. The molecular formula is C32H39N2O4+. The molecule has 4 aliphatic rings. The smallest absolute Gasteiger partial charge is 0.209 e. The average molecular weight is 516 g/mol. The molecule has 1 atom stereocenters. The fraction of sp³-hybridized carbons (Fsp3) is 0.469. The number of ether oxygens (including phenoxy) is 4. The molecule has 0 spiro atoms. The molecular weight excluding hydrogens is 476 g/mol. The Morgan fingerprint density at radius 2 is 1.53 bits per heavy atom. The van der Waals surface area contributed by atoms with Gasteiger partial charge in [-0.15, -0.1) is 0 Å². The van der Waals surface area contributed by atoms with Crippen molar-refractivity contribution < 1.29 is 23.5 Å². The van der Waals surface area contributed by atoms with Crippen LogP contribution < -0.4 is 14.4 Å². The van der Waals surface area contributed by atoms with Gasteiger partial charge in [-0.1, -0.05) is 0 Å². The lowest BCUT2D eigenvalue weighted by Gasteiger charge is -2.32. The van der Waals surface area contributed by atoms with Crippen LogP contribution in [0.1, 0.15) is 36.8 Å². The minimum absolute atomic E-state index is 0.587. The van der Waals surface area contributed by atoms with Gasteiger partial charge in [-0.3, -0.25) is 0 Å². The van der Waals surface area contributed by atoms with Crippen LogP contribution in [-0.2, 0) is 22.3 Å². The van der Waals surface area contributed by atoms with Gasteiger partial charge in [0.2, 0.25) is 5.69 Å². The molecule has 2 aromatic carbocycles. The van der Waals surface area contributed by atoms with E-state index in [1.807, 2.05) is 0 Å². The van der Waals surface area contributed by atoms with E-state index >= 15 is 0 Å². The van der Waals surface area contributed by atoms with Gasteiger partial charge < -0.3 is 23.8 Å². The number of benzene rings is 2. The quantitative estimate of drug-likeness (QED) is 0.328. The van der Waals surface area contributed by atoms with Crippen LogP contribution in [0.15, 0.2) is 59.8 Å². The van der Waals surface area contributed by atoms with Crippen molar-refractivity contribution in [2.24, 2.45) is 5.92 Å². The van der Waals surface area contributed by atoms with Crippen LogP contribution in [0.3, 0.4) is 0 Å². The van der Waals surface area contributed by atoms with Crippen molar-refractivity contribution >= 4 is 17.1 Å². The van der Waals surface area contributed by atoms with E-state index in [-0.39, 0.29) is 0 Å². The number of methoxy groups -OCH3 is 2. The van der Waals surface area contributed by atoms with Crippen molar-refractivity contribution in [1.82, 2.24) is 0 Å². The van der Waals surface area contributed by atoms with Crippen LogP contribution in [0.4, 0.5) is 11.4 Å². The number of hydrogen-bond donors (Lipinski definition) is 0. The Morgan fingerprint density at radius 1 is 0.789 bits per heavy atom.